The molecule has 0 spiro atoms. The predicted octanol–water partition coefficient (Wildman–Crippen LogP) is 2.93. The molecular weight excluding hydrogens is 387 g/mol. The monoisotopic (exact) mass is 402 g/mol. The van der Waals surface area contributed by atoms with Gasteiger partial charge in [0.15, 0.2) is 6.61 Å². The fraction of sp³-hybridized carbons (Fsp3) is 0.438. The maximum Gasteiger partial charge on any atom is 0.330 e. The molecular formula is C16H16Cl2N2O4S. The van der Waals surface area contributed by atoms with Gasteiger partial charge in [-0.15, -0.1) is 11.8 Å². The SMILES string of the molecule is C[C@@]12CCC(=O)N1[C@@H](C(=O)OCC(=O)Nc1cc(Cl)cc(Cl)c1)CS2. The molecule has 1 N–H and O–H groups in total. The minimum absolute atomic E-state index is 0.0486. The van der Waals surface area contributed by atoms with E-state index in [9.17, 15) is 14.4 Å². The first-order chi connectivity index (χ1) is 11.8. The van der Waals surface area contributed by atoms with E-state index in [1.807, 2.05) is 6.92 Å². The molecule has 9 heteroatoms. The van der Waals surface area contributed by atoms with Crippen molar-refractivity contribution in [2.24, 2.45) is 0 Å². The van der Waals surface area contributed by atoms with E-state index in [0.29, 0.717) is 27.9 Å². The Bertz CT molecular complexity index is 725. The molecule has 0 radical (unpaired) electrons. The first kappa shape index (κ1) is 18.4. The highest BCUT2D eigenvalue weighted by Gasteiger charge is 2.53. The lowest BCUT2D eigenvalue weighted by atomic mass is 10.2. The standard InChI is InChI=1S/C16H16Cl2N2O4S/c1-16-3-2-14(22)20(16)12(8-25-16)15(23)24-7-13(21)19-11-5-9(17)4-10(18)6-11/h4-6,12H,2-3,7-8H2,1H3,(H,19,21)/t12-,16-/m1/s1. The number of benzene rings is 1. The lowest BCUT2D eigenvalue weighted by molar-refractivity contribution is -0.155. The Balaban J connectivity index is 1.55. The van der Waals surface area contributed by atoms with E-state index in [2.05, 4.69) is 5.32 Å². The number of ether oxygens (including phenoxy) is 1. The number of esters is 1. The maximum atomic E-state index is 12.3. The molecule has 2 amide bonds. The zero-order valence-electron chi connectivity index (χ0n) is 13.4. The molecule has 0 saturated carbocycles. The van der Waals surface area contributed by atoms with Gasteiger partial charge in [0.25, 0.3) is 5.91 Å². The average Bonchev–Trinajstić information content (AvgIpc) is 3.01. The molecule has 1 aromatic rings. The maximum absolute atomic E-state index is 12.3. The Hall–Kier alpha value is -1.44. The van der Waals surface area contributed by atoms with Crippen LogP contribution in [0.5, 0.6) is 0 Å². The number of carbonyl (C=O) groups excluding carboxylic acids is 3. The van der Waals surface area contributed by atoms with Gasteiger partial charge in [0.1, 0.15) is 6.04 Å². The molecule has 2 aliphatic rings. The highest BCUT2D eigenvalue weighted by Crippen LogP contribution is 2.47. The molecule has 6 nitrogen and oxygen atoms in total. The quantitative estimate of drug-likeness (QED) is 0.783. The van der Waals surface area contributed by atoms with Crippen molar-refractivity contribution >= 4 is 58.4 Å². The largest absolute Gasteiger partial charge is 0.454 e. The first-order valence-electron chi connectivity index (χ1n) is 7.67. The molecule has 2 atom stereocenters. The lowest BCUT2D eigenvalue weighted by Crippen LogP contribution is -2.47. The van der Waals surface area contributed by atoms with Gasteiger partial charge in [-0.25, -0.2) is 4.79 Å². The van der Waals surface area contributed by atoms with Crippen LogP contribution in [-0.2, 0) is 19.1 Å². The predicted molar refractivity (Wildman–Crippen MR) is 96.8 cm³/mol. The van der Waals surface area contributed by atoms with E-state index in [1.54, 1.807) is 22.7 Å². The fourth-order valence-electron chi connectivity index (χ4n) is 3.05. The van der Waals surface area contributed by atoms with Crippen LogP contribution in [0.15, 0.2) is 18.2 Å². The zero-order valence-corrected chi connectivity index (χ0v) is 15.7. The molecule has 2 fully saturated rings. The molecule has 134 valence electrons. The van der Waals surface area contributed by atoms with Crippen molar-refractivity contribution < 1.29 is 19.1 Å². The third-order valence-corrected chi connectivity index (χ3v) is 6.15. The topological polar surface area (TPSA) is 75.7 Å². The summed E-state index contributed by atoms with van der Waals surface area (Å²) < 4.78 is 5.10. The van der Waals surface area contributed by atoms with Crippen LogP contribution in [0.4, 0.5) is 5.69 Å². The van der Waals surface area contributed by atoms with E-state index >= 15 is 0 Å². The number of hydrogen-bond donors (Lipinski definition) is 1. The number of carbonyl (C=O) groups is 3. The van der Waals surface area contributed by atoms with Gasteiger partial charge in [0.05, 0.1) is 4.87 Å². The van der Waals surface area contributed by atoms with Crippen LogP contribution in [0, 0.1) is 0 Å². The van der Waals surface area contributed by atoms with E-state index in [0.717, 1.165) is 6.42 Å². The van der Waals surface area contributed by atoms with Crippen LogP contribution in [0.3, 0.4) is 0 Å². The molecule has 25 heavy (non-hydrogen) atoms. The second-order valence-electron chi connectivity index (χ2n) is 6.08. The van der Waals surface area contributed by atoms with Gasteiger partial charge in [-0.3, -0.25) is 9.59 Å². The number of fused-ring (bicyclic) bond motifs is 1. The Morgan fingerprint density at radius 2 is 2.04 bits per heavy atom. The summed E-state index contributed by atoms with van der Waals surface area (Å²) in [6.07, 6.45) is 1.15. The Morgan fingerprint density at radius 3 is 2.72 bits per heavy atom. The minimum atomic E-state index is -0.640. The van der Waals surface area contributed by atoms with Gasteiger partial charge in [0.2, 0.25) is 5.91 Å². The number of thioether (sulfide) groups is 1. The van der Waals surface area contributed by atoms with Crippen molar-refractivity contribution in [1.29, 1.82) is 0 Å². The smallest absolute Gasteiger partial charge is 0.330 e. The molecule has 2 aliphatic heterocycles. The summed E-state index contributed by atoms with van der Waals surface area (Å²) in [7, 11) is 0. The summed E-state index contributed by atoms with van der Waals surface area (Å²) in [4.78, 5) is 37.5. The summed E-state index contributed by atoms with van der Waals surface area (Å²) in [5.74, 6) is -0.641. The van der Waals surface area contributed by atoms with Crippen molar-refractivity contribution in [1.82, 2.24) is 4.90 Å². The van der Waals surface area contributed by atoms with Crippen LogP contribution in [0.25, 0.3) is 0 Å². The number of rotatable bonds is 4. The zero-order chi connectivity index (χ0) is 18.2. The summed E-state index contributed by atoms with van der Waals surface area (Å²) >= 11 is 13.3. The molecule has 0 aliphatic carbocycles. The van der Waals surface area contributed by atoms with Crippen molar-refractivity contribution in [3.05, 3.63) is 28.2 Å². The molecule has 0 bridgehead atoms. The number of nitrogens with zero attached hydrogens (tertiary/aromatic N) is 1. The highest BCUT2D eigenvalue weighted by atomic mass is 35.5. The van der Waals surface area contributed by atoms with Crippen LogP contribution in [0.1, 0.15) is 19.8 Å². The van der Waals surface area contributed by atoms with Crippen molar-refractivity contribution in [3.8, 4) is 0 Å². The molecule has 2 heterocycles. The number of nitrogens with one attached hydrogen (secondary N) is 1. The third kappa shape index (κ3) is 3.88. The third-order valence-electron chi connectivity index (χ3n) is 4.21. The Labute approximate surface area is 159 Å². The number of hydrogen-bond acceptors (Lipinski definition) is 5. The molecule has 0 unspecified atom stereocenters. The van der Waals surface area contributed by atoms with Crippen molar-refractivity contribution in [2.45, 2.75) is 30.7 Å². The summed E-state index contributed by atoms with van der Waals surface area (Å²) in [6, 6.07) is 3.98. The highest BCUT2D eigenvalue weighted by molar-refractivity contribution is 8.01. The number of halogens is 2. The minimum Gasteiger partial charge on any atom is -0.454 e. The summed E-state index contributed by atoms with van der Waals surface area (Å²) in [6.45, 7) is 1.51. The van der Waals surface area contributed by atoms with Gasteiger partial charge in [0, 0.05) is 27.9 Å². The van der Waals surface area contributed by atoms with Gasteiger partial charge < -0.3 is 15.0 Å². The second-order valence-corrected chi connectivity index (χ2v) is 8.45. The van der Waals surface area contributed by atoms with Gasteiger partial charge in [-0.2, -0.15) is 0 Å². The van der Waals surface area contributed by atoms with E-state index in [4.69, 9.17) is 27.9 Å². The van der Waals surface area contributed by atoms with Crippen LogP contribution in [0.2, 0.25) is 10.0 Å². The van der Waals surface area contributed by atoms with Gasteiger partial charge in [-0.05, 0) is 31.5 Å². The Kier molecular flexibility index (Phi) is 5.18. The van der Waals surface area contributed by atoms with Crippen LogP contribution < -0.4 is 5.32 Å². The van der Waals surface area contributed by atoms with E-state index in [1.165, 1.54) is 12.1 Å². The van der Waals surface area contributed by atoms with Crippen molar-refractivity contribution in [2.75, 3.05) is 17.7 Å². The number of anilines is 1. The van der Waals surface area contributed by atoms with Crippen molar-refractivity contribution in [3.63, 3.8) is 0 Å². The molecule has 1 aromatic carbocycles. The van der Waals surface area contributed by atoms with Gasteiger partial charge >= 0.3 is 5.97 Å². The van der Waals surface area contributed by atoms with Gasteiger partial charge in [-0.1, -0.05) is 23.2 Å². The normalized spacial score (nSPS) is 25.0. The first-order valence-corrected chi connectivity index (χ1v) is 9.41. The average molecular weight is 403 g/mol. The summed E-state index contributed by atoms with van der Waals surface area (Å²) in [5.41, 5.74) is 0.414. The molecule has 0 aromatic heterocycles. The molecule has 3 rings (SSSR count). The molecule has 2 saturated heterocycles. The fourth-order valence-corrected chi connectivity index (χ4v) is 4.99. The van der Waals surface area contributed by atoms with Crippen LogP contribution in [-0.4, -0.2) is 46.0 Å². The second kappa shape index (κ2) is 7.05. The van der Waals surface area contributed by atoms with E-state index < -0.39 is 24.5 Å². The number of amides is 2. The van der Waals surface area contributed by atoms with Crippen LogP contribution >= 0.6 is 35.0 Å². The Morgan fingerprint density at radius 1 is 1.36 bits per heavy atom. The lowest BCUT2D eigenvalue weighted by Gasteiger charge is -2.29. The van der Waals surface area contributed by atoms with E-state index in [-0.39, 0.29) is 10.8 Å². The summed E-state index contributed by atoms with van der Waals surface area (Å²) in [5, 5.41) is 3.33.